The van der Waals surface area contributed by atoms with E-state index in [2.05, 4.69) is 10.1 Å². The lowest BCUT2D eigenvalue weighted by atomic mass is 10.5. The molecule has 0 amide bonds. The van der Waals surface area contributed by atoms with E-state index in [1.54, 1.807) is 13.2 Å². The highest BCUT2D eigenvalue weighted by Gasteiger charge is 2.25. The average Bonchev–Trinajstić information content (AvgIpc) is 2.74. The molecule has 0 fully saturated rings. The molecule has 0 aliphatic carbocycles. The Morgan fingerprint density at radius 1 is 1.32 bits per heavy atom. The molecular formula is C10H10Cl2N4O2S. The summed E-state index contributed by atoms with van der Waals surface area (Å²) in [5.74, 6) is 0. The summed E-state index contributed by atoms with van der Waals surface area (Å²) in [6.45, 7) is 0. The molecule has 0 radical (unpaired) electrons. The molecule has 0 unspecified atom stereocenters. The van der Waals surface area contributed by atoms with Crippen molar-refractivity contribution in [3.8, 4) is 0 Å². The third kappa shape index (κ3) is 2.68. The fraction of sp³-hybridized carbons (Fsp3) is 0.200. The van der Waals surface area contributed by atoms with Gasteiger partial charge in [-0.3, -0.25) is 8.99 Å². The summed E-state index contributed by atoms with van der Waals surface area (Å²) in [6, 6.07) is 2.69. The lowest BCUT2D eigenvalue weighted by Gasteiger charge is -2.17. The van der Waals surface area contributed by atoms with Gasteiger partial charge in [0.2, 0.25) is 0 Å². The zero-order chi connectivity index (χ0) is 14.2. The quantitative estimate of drug-likeness (QED) is 0.810. The van der Waals surface area contributed by atoms with Crippen LogP contribution >= 0.6 is 23.2 Å². The highest BCUT2D eigenvalue weighted by Crippen LogP contribution is 2.26. The first-order valence-electron chi connectivity index (χ1n) is 5.12. The standard InChI is InChI=1S/C10H10Cl2N4O2S/c1-15-6-7(5-13-15)16(2)19(17,18)8-3-4-9(11)14-10(8)12/h3-6H,1-2H3. The highest BCUT2D eigenvalue weighted by molar-refractivity contribution is 7.92. The Kier molecular flexibility index (Phi) is 3.71. The van der Waals surface area contributed by atoms with Gasteiger partial charge < -0.3 is 0 Å². The van der Waals surface area contributed by atoms with Crippen LogP contribution in [0.5, 0.6) is 0 Å². The molecule has 2 rings (SSSR count). The van der Waals surface area contributed by atoms with Gasteiger partial charge in [-0.25, -0.2) is 13.4 Å². The number of halogens is 2. The van der Waals surface area contributed by atoms with E-state index in [-0.39, 0.29) is 15.2 Å². The first kappa shape index (κ1) is 14.1. The molecule has 0 aliphatic rings. The van der Waals surface area contributed by atoms with Crippen LogP contribution in [-0.2, 0) is 17.1 Å². The Bertz CT molecular complexity index is 714. The maximum absolute atomic E-state index is 12.4. The number of aromatic nitrogens is 3. The van der Waals surface area contributed by atoms with Crippen molar-refractivity contribution in [2.24, 2.45) is 7.05 Å². The van der Waals surface area contributed by atoms with Crippen LogP contribution < -0.4 is 4.31 Å². The molecule has 0 N–H and O–H groups in total. The topological polar surface area (TPSA) is 68.1 Å². The van der Waals surface area contributed by atoms with Crippen LogP contribution in [0.15, 0.2) is 29.4 Å². The number of hydrogen-bond acceptors (Lipinski definition) is 4. The number of anilines is 1. The number of aryl methyl sites for hydroxylation is 1. The van der Waals surface area contributed by atoms with Gasteiger partial charge in [0.25, 0.3) is 10.0 Å². The Morgan fingerprint density at radius 2 is 2.00 bits per heavy atom. The predicted molar refractivity (Wildman–Crippen MR) is 73.1 cm³/mol. The zero-order valence-corrected chi connectivity index (χ0v) is 12.4. The molecule has 0 aliphatic heterocycles. The van der Waals surface area contributed by atoms with Gasteiger partial charge in [-0.15, -0.1) is 0 Å². The summed E-state index contributed by atoms with van der Waals surface area (Å²) in [6.07, 6.45) is 3.02. The minimum absolute atomic E-state index is 0.107. The predicted octanol–water partition coefficient (Wildman–Crippen LogP) is 1.95. The number of hydrogen-bond donors (Lipinski definition) is 0. The van der Waals surface area contributed by atoms with Gasteiger partial charge in [0.05, 0.1) is 11.9 Å². The van der Waals surface area contributed by atoms with Gasteiger partial charge in [-0.05, 0) is 12.1 Å². The molecule has 2 aromatic rings. The third-order valence-corrected chi connectivity index (χ3v) is 4.90. The normalized spacial score (nSPS) is 11.6. The molecule has 0 atom stereocenters. The summed E-state index contributed by atoms with van der Waals surface area (Å²) in [7, 11) is -0.690. The van der Waals surface area contributed by atoms with Gasteiger partial charge in [-0.1, -0.05) is 23.2 Å². The summed E-state index contributed by atoms with van der Waals surface area (Å²) >= 11 is 11.5. The Morgan fingerprint density at radius 3 is 2.53 bits per heavy atom. The average molecular weight is 321 g/mol. The van der Waals surface area contributed by atoms with E-state index < -0.39 is 10.0 Å². The van der Waals surface area contributed by atoms with E-state index >= 15 is 0 Å². The maximum Gasteiger partial charge on any atom is 0.267 e. The van der Waals surface area contributed by atoms with Gasteiger partial charge in [0.1, 0.15) is 10.0 Å². The first-order valence-corrected chi connectivity index (χ1v) is 7.31. The molecule has 2 heterocycles. The number of nitrogens with zero attached hydrogens (tertiary/aromatic N) is 4. The maximum atomic E-state index is 12.4. The van der Waals surface area contributed by atoms with E-state index in [9.17, 15) is 8.42 Å². The fourth-order valence-electron chi connectivity index (χ4n) is 1.45. The van der Waals surface area contributed by atoms with Gasteiger partial charge in [-0.2, -0.15) is 5.10 Å². The van der Waals surface area contributed by atoms with Crippen molar-refractivity contribution in [1.82, 2.24) is 14.8 Å². The molecule has 102 valence electrons. The van der Waals surface area contributed by atoms with E-state index in [1.165, 1.54) is 30.1 Å². The lowest BCUT2D eigenvalue weighted by molar-refractivity contribution is 0.594. The molecule has 0 saturated heterocycles. The van der Waals surface area contributed by atoms with Crippen LogP contribution in [0.3, 0.4) is 0 Å². The Hall–Kier alpha value is -1.31. The minimum atomic E-state index is -3.80. The first-order chi connectivity index (χ1) is 8.82. The van der Waals surface area contributed by atoms with Crippen LogP contribution in [0.25, 0.3) is 0 Å². The molecule has 0 aromatic carbocycles. The van der Waals surface area contributed by atoms with Crippen LogP contribution in [0.1, 0.15) is 0 Å². The molecule has 19 heavy (non-hydrogen) atoms. The molecule has 0 saturated carbocycles. The third-order valence-electron chi connectivity index (χ3n) is 2.47. The van der Waals surface area contributed by atoms with Crippen LogP contribution in [0, 0.1) is 0 Å². The second-order valence-electron chi connectivity index (χ2n) is 3.77. The van der Waals surface area contributed by atoms with Gasteiger partial charge >= 0.3 is 0 Å². The highest BCUT2D eigenvalue weighted by atomic mass is 35.5. The second kappa shape index (κ2) is 4.99. The van der Waals surface area contributed by atoms with Gasteiger partial charge in [0, 0.05) is 20.3 Å². The Labute approximate surface area is 120 Å². The van der Waals surface area contributed by atoms with E-state index in [0.717, 1.165) is 4.31 Å². The largest absolute Gasteiger partial charge is 0.274 e. The number of pyridine rings is 1. The summed E-state index contributed by atoms with van der Waals surface area (Å²) in [4.78, 5) is 3.62. The summed E-state index contributed by atoms with van der Waals surface area (Å²) < 4.78 is 27.4. The number of rotatable bonds is 3. The monoisotopic (exact) mass is 320 g/mol. The van der Waals surface area contributed by atoms with Crippen molar-refractivity contribution in [3.05, 3.63) is 34.8 Å². The van der Waals surface area contributed by atoms with Crippen molar-refractivity contribution in [2.75, 3.05) is 11.4 Å². The lowest BCUT2D eigenvalue weighted by Crippen LogP contribution is -2.26. The van der Waals surface area contributed by atoms with Gasteiger partial charge in [0.15, 0.2) is 5.15 Å². The summed E-state index contributed by atoms with van der Waals surface area (Å²) in [5.41, 5.74) is 0.425. The molecule has 0 bridgehead atoms. The van der Waals surface area contributed by atoms with Crippen LogP contribution in [0.4, 0.5) is 5.69 Å². The Balaban J connectivity index is 2.47. The van der Waals surface area contributed by atoms with E-state index in [0.29, 0.717) is 5.69 Å². The van der Waals surface area contributed by atoms with Crippen LogP contribution in [-0.4, -0.2) is 30.2 Å². The molecule has 2 aromatic heterocycles. The minimum Gasteiger partial charge on any atom is -0.274 e. The summed E-state index contributed by atoms with van der Waals surface area (Å²) in [5, 5.41) is 3.89. The SMILES string of the molecule is CN(c1cnn(C)c1)S(=O)(=O)c1ccc(Cl)nc1Cl. The van der Waals surface area contributed by atoms with E-state index in [1.807, 2.05) is 0 Å². The van der Waals surface area contributed by atoms with Crippen LogP contribution in [0.2, 0.25) is 10.3 Å². The molecular weight excluding hydrogens is 311 g/mol. The van der Waals surface area contributed by atoms with Crippen molar-refractivity contribution >= 4 is 38.9 Å². The van der Waals surface area contributed by atoms with Crippen molar-refractivity contribution < 1.29 is 8.42 Å². The smallest absolute Gasteiger partial charge is 0.267 e. The number of sulfonamides is 1. The second-order valence-corrected chi connectivity index (χ2v) is 6.45. The fourth-order valence-corrected chi connectivity index (χ4v) is 3.25. The van der Waals surface area contributed by atoms with Crippen molar-refractivity contribution in [1.29, 1.82) is 0 Å². The van der Waals surface area contributed by atoms with Crippen molar-refractivity contribution in [3.63, 3.8) is 0 Å². The zero-order valence-electron chi connectivity index (χ0n) is 10.1. The molecule has 9 heteroatoms. The van der Waals surface area contributed by atoms with E-state index in [4.69, 9.17) is 23.2 Å². The van der Waals surface area contributed by atoms with Crippen molar-refractivity contribution in [2.45, 2.75) is 4.90 Å². The molecule has 0 spiro atoms. The molecule has 6 nitrogen and oxygen atoms in total.